The summed E-state index contributed by atoms with van der Waals surface area (Å²) in [5.41, 5.74) is 7.65. The van der Waals surface area contributed by atoms with Crippen molar-refractivity contribution in [3.63, 3.8) is 0 Å². The molecule has 1 unspecified atom stereocenters. The molecule has 0 heterocycles. The molecule has 0 aliphatic carbocycles. The summed E-state index contributed by atoms with van der Waals surface area (Å²) >= 11 is 0. The van der Waals surface area contributed by atoms with E-state index in [0.29, 0.717) is 5.69 Å². The molecule has 5 nitrogen and oxygen atoms in total. The number of anilines is 2. The van der Waals surface area contributed by atoms with Crippen LogP contribution in [-0.4, -0.2) is 11.1 Å². The van der Waals surface area contributed by atoms with E-state index in [4.69, 9.17) is 5.73 Å². The lowest BCUT2D eigenvalue weighted by Gasteiger charge is -2.16. The van der Waals surface area contributed by atoms with Crippen LogP contribution in [0.3, 0.4) is 0 Å². The Labute approximate surface area is 117 Å². The van der Waals surface area contributed by atoms with Gasteiger partial charge < -0.3 is 21.5 Å². The van der Waals surface area contributed by atoms with Gasteiger partial charge in [0.15, 0.2) is 0 Å². The molecule has 1 atom stereocenters. The highest BCUT2D eigenvalue weighted by Gasteiger charge is 2.06. The molecule has 2 amide bonds. The van der Waals surface area contributed by atoms with Gasteiger partial charge >= 0.3 is 6.03 Å². The van der Waals surface area contributed by atoms with Crippen molar-refractivity contribution in [2.75, 3.05) is 10.6 Å². The molecule has 0 fully saturated rings. The van der Waals surface area contributed by atoms with E-state index in [0.717, 1.165) is 11.3 Å². The number of primary amides is 1. The van der Waals surface area contributed by atoms with Crippen LogP contribution >= 0.6 is 0 Å². The Kier molecular flexibility index (Phi) is 4.10. The number of nitrogens with two attached hydrogens (primary N) is 1. The van der Waals surface area contributed by atoms with Crippen molar-refractivity contribution in [3.05, 3.63) is 54.1 Å². The lowest BCUT2D eigenvalue weighted by molar-refractivity contribution is 0.259. The molecule has 0 bridgehead atoms. The van der Waals surface area contributed by atoms with Crippen molar-refractivity contribution in [1.29, 1.82) is 0 Å². The Morgan fingerprint density at radius 2 is 1.80 bits per heavy atom. The van der Waals surface area contributed by atoms with Gasteiger partial charge in [0.1, 0.15) is 5.75 Å². The minimum Gasteiger partial charge on any atom is -0.508 e. The predicted molar refractivity (Wildman–Crippen MR) is 79.8 cm³/mol. The maximum absolute atomic E-state index is 10.8. The predicted octanol–water partition coefficient (Wildman–Crippen LogP) is 3.06. The van der Waals surface area contributed by atoms with Gasteiger partial charge in [-0.2, -0.15) is 0 Å². The largest absolute Gasteiger partial charge is 0.508 e. The summed E-state index contributed by atoms with van der Waals surface area (Å²) in [5, 5.41) is 15.1. The second kappa shape index (κ2) is 5.97. The first-order chi connectivity index (χ1) is 9.54. The molecule has 0 saturated heterocycles. The van der Waals surface area contributed by atoms with Crippen LogP contribution in [-0.2, 0) is 0 Å². The normalized spacial score (nSPS) is 11.7. The number of carbonyl (C=O) groups is 1. The highest BCUT2D eigenvalue weighted by atomic mass is 16.3. The van der Waals surface area contributed by atoms with Crippen LogP contribution in [0.15, 0.2) is 48.5 Å². The standard InChI is InChI=1S/C15H17N3O2/c1-10(11-5-7-14(19)8-6-11)17-12-3-2-4-13(9-12)18-15(16)20/h2-10,17,19H,1H3,(H3,16,18,20). The van der Waals surface area contributed by atoms with Gasteiger partial charge in [-0.3, -0.25) is 0 Å². The van der Waals surface area contributed by atoms with Crippen molar-refractivity contribution in [3.8, 4) is 5.75 Å². The smallest absolute Gasteiger partial charge is 0.316 e. The van der Waals surface area contributed by atoms with Gasteiger partial charge in [0.25, 0.3) is 0 Å². The average Bonchev–Trinajstić information content (AvgIpc) is 2.39. The van der Waals surface area contributed by atoms with Crippen LogP contribution in [0.5, 0.6) is 5.75 Å². The number of hydrogen-bond acceptors (Lipinski definition) is 3. The number of hydrogen-bond donors (Lipinski definition) is 4. The van der Waals surface area contributed by atoms with Crippen molar-refractivity contribution < 1.29 is 9.90 Å². The Morgan fingerprint density at radius 1 is 1.15 bits per heavy atom. The minimum absolute atomic E-state index is 0.0689. The number of phenolic OH excluding ortho intramolecular Hbond substituents is 1. The molecular formula is C15H17N3O2. The molecule has 20 heavy (non-hydrogen) atoms. The second-order valence-electron chi connectivity index (χ2n) is 4.53. The highest BCUT2D eigenvalue weighted by molar-refractivity contribution is 5.88. The topological polar surface area (TPSA) is 87.4 Å². The summed E-state index contributed by atoms with van der Waals surface area (Å²) in [6.45, 7) is 2.01. The zero-order valence-electron chi connectivity index (χ0n) is 11.1. The molecule has 0 aromatic heterocycles. The van der Waals surface area contributed by atoms with E-state index in [2.05, 4.69) is 10.6 Å². The SMILES string of the molecule is CC(Nc1cccc(NC(N)=O)c1)c1ccc(O)cc1. The summed E-state index contributed by atoms with van der Waals surface area (Å²) in [4.78, 5) is 10.8. The molecule has 0 aliphatic rings. The maximum atomic E-state index is 10.8. The van der Waals surface area contributed by atoms with Gasteiger partial charge in [-0.1, -0.05) is 18.2 Å². The minimum atomic E-state index is -0.589. The number of urea groups is 1. The molecule has 0 saturated carbocycles. The van der Waals surface area contributed by atoms with Crippen LogP contribution in [0.25, 0.3) is 0 Å². The molecule has 104 valence electrons. The lowest BCUT2D eigenvalue weighted by Crippen LogP contribution is -2.19. The van der Waals surface area contributed by atoms with Crippen molar-refractivity contribution in [1.82, 2.24) is 0 Å². The number of amides is 2. The van der Waals surface area contributed by atoms with Gasteiger partial charge in [-0.15, -0.1) is 0 Å². The Hall–Kier alpha value is -2.69. The number of carbonyl (C=O) groups excluding carboxylic acids is 1. The average molecular weight is 271 g/mol. The second-order valence-corrected chi connectivity index (χ2v) is 4.53. The number of aromatic hydroxyl groups is 1. The van der Waals surface area contributed by atoms with E-state index in [1.54, 1.807) is 18.2 Å². The monoisotopic (exact) mass is 271 g/mol. The molecule has 5 N–H and O–H groups in total. The first kappa shape index (κ1) is 13.7. The first-order valence-corrected chi connectivity index (χ1v) is 6.26. The Bertz CT molecular complexity index is 596. The first-order valence-electron chi connectivity index (χ1n) is 6.26. The molecule has 2 aromatic carbocycles. The summed E-state index contributed by atoms with van der Waals surface area (Å²) in [6.07, 6.45) is 0. The van der Waals surface area contributed by atoms with E-state index in [1.165, 1.54) is 0 Å². The number of phenols is 1. The molecule has 0 radical (unpaired) electrons. The van der Waals surface area contributed by atoms with E-state index >= 15 is 0 Å². The quantitative estimate of drug-likeness (QED) is 0.689. The van der Waals surface area contributed by atoms with Gasteiger partial charge in [0, 0.05) is 17.4 Å². The molecule has 0 aliphatic heterocycles. The van der Waals surface area contributed by atoms with Crippen molar-refractivity contribution in [2.24, 2.45) is 5.73 Å². The van der Waals surface area contributed by atoms with E-state index in [1.807, 2.05) is 37.3 Å². The van der Waals surface area contributed by atoms with Gasteiger partial charge in [0.2, 0.25) is 0 Å². The summed E-state index contributed by atoms with van der Waals surface area (Å²) in [6, 6.07) is 13.8. The van der Waals surface area contributed by atoms with Crippen molar-refractivity contribution in [2.45, 2.75) is 13.0 Å². The van der Waals surface area contributed by atoms with Crippen LogP contribution in [0.1, 0.15) is 18.5 Å². The zero-order chi connectivity index (χ0) is 14.5. The number of nitrogens with one attached hydrogen (secondary N) is 2. The van der Waals surface area contributed by atoms with Crippen LogP contribution in [0.4, 0.5) is 16.2 Å². The van der Waals surface area contributed by atoms with Crippen LogP contribution < -0.4 is 16.4 Å². The summed E-state index contributed by atoms with van der Waals surface area (Å²) in [5.74, 6) is 0.244. The third-order valence-corrected chi connectivity index (χ3v) is 2.91. The molecule has 2 aromatic rings. The molecule has 0 spiro atoms. The molecule has 5 heteroatoms. The third kappa shape index (κ3) is 3.65. The molecular weight excluding hydrogens is 254 g/mol. The fourth-order valence-electron chi connectivity index (χ4n) is 1.93. The van der Waals surface area contributed by atoms with Crippen molar-refractivity contribution >= 4 is 17.4 Å². The third-order valence-electron chi connectivity index (χ3n) is 2.91. The van der Waals surface area contributed by atoms with Gasteiger partial charge in [-0.25, -0.2) is 4.79 Å². The van der Waals surface area contributed by atoms with E-state index in [9.17, 15) is 9.90 Å². The molecule has 2 rings (SSSR count). The van der Waals surface area contributed by atoms with E-state index < -0.39 is 6.03 Å². The lowest BCUT2D eigenvalue weighted by atomic mass is 10.1. The van der Waals surface area contributed by atoms with Gasteiger partial charge in [-0.05, 0) is 42.8 Å². The fraction of sp³-hybridized carbons (Fsp3) is 0.133. The summed E-state index contributed by atoms with van der Waals surface area (Å²) in [7, 11) is 0. The maximum Gasteiger partial charge on any atom is 0.316 e. The fourth-order valence-corrected chi connectivity index (χ4v) is 1.93. The van der Waals surface area contributed by atoms with E-state index in [-0.39, 0.29) is 11.8 Å². The van der Waals surface area contributed by atoms with Crippen LogP contribution in [0.2, 0.25) is 0 Å². The Morgan fingerprint density at radius 3 is 2.45 bits per heavy atom. The highest BCUT2D eigenvalue weighted by Crippen LogP contribution is 2.23. The van der Waals surface area contributed by atoms with Gasteiger partial charge in [0.05, 0.1) is 0 Å². The Balaban J connectivity index is 2.09. The van der Waals surface area contributed by atoms with Crippen LogP contribution in [0, 0.1) is 0 Å². The number of benzene rings is 2. The zero-order valence-corrected chi connectivity index (χ0v) is 11.1. The summed E-state index contributed by atoms with van der Waals surface area (Å²) < 4.78 is 0. The number of rotatable bonds is 4.